The number of hydrogen-bond donors (Lipinski definition) is 1. The van der Waals surface area contributed by atoms with E-state index in [1.54, 1.807) is 0 Å². The fraction of sp³-hybridized carbons (Fsp3) is 0.471. The molecule has 1 aliphatic heterocycles. The first-order chi connectivity index (χ1) is 13.5. The van der Waals surface area contributed by atoms with E-state index in [4.69, 9.17) is 5.73 Å². The molecule has 0 aliphatic carbocycles. The molecule has 2 N–H and O–H groups in total. The average molecular weight is 421 g/mol. The fourth-order valence-electron chi connectivity index (χ4n) is 3.35. The number of amides is 1. The zero-order valence-electron chi connectivity index (χ0n) is 15.2. The van der Waals surface area contributed by atoms with Crippen LogP contribution in [0.1, 0.15) is 36.6 Å². The number of carbonyl (C=O) groups excluding carboxylic acids is 1. The van der Waals surface area contributed by atoms with Gasteiger partial charge in [-0.25, -0.2) is 13.2 Å². The third-order valence-electron chi connectivity index (χ3n) is 4.77. The van der Waals surface area contributed by atoms with E-state index in [2.05, 4.69) is 10.2 Å². The van der Waals surface area contributed by atoms with Crippen molar-refractivity contribution in [3.8, 4) is 0 Å². The molecule has 158 valence electrons. The second-order valence-corrected chi connectivity index (χ2v) is 6.82. The first kappa shape index (κ1) is 21.1. The molecule has 1 unspecified atom stereocenters. The molecule has 1 aromatic carbocycles. The zero-order valence-corrected chi connectivity index (χ0v) is 15.2. The summed E-state index contributed by atoms with van der Waals surface area (Å²) in [7, 11) is 0. The van der Waals surface area contributed by atoms with Crippen molar-refractivity contribution in [2.75, 3.05) is 6.54 Å². The molecule has 1 aliphatic rings. The monoisotopic (exact) mass is 421 g/mol. The molecule has 6 nitrogen and oxygen atoms in total. The Morgan fingerprint density at radius 1 is 1.17 bits per heavy atom. The van der Waals surface area contributed by atoms with Crippen molar-refractivity contribution in [3.63, 3.8) is 0 Å². The molecular weight excluding hydrogens is 404 g/mol. The summed E-state index contributed by atoms with van der Waals surface area (Å²) in [5.74, 6) is -5.15. The van der Waals surface area contributed by atoms with Crippen LogP contribution in [0.25, 0.3) is 0 Å². The van der Waals surface area contributed by atoms with Gasteiger partial charge in [-0.1, -0.05) is 0 Å². The maximum absolute atomic E-state index is 13.7. The minimum Gasteiger partial charge on any atom is -0.331 e. The number of benzene rings is 1. The summed E-state index contributed by atoms with van der Waals surface area (Å²) >= 11 is 0. The fourth-order valence-corrected chi connectivity index (χ4v) is 3.35. The minimum absolute atomic E-state index is 0.00264. The van der Waals surface area contributed by atoms with E-state index in [0.29, 0.717) is 12.1 Å². The Morgan fingerprint density at radius 3 is 2.48 bits per heavy atom. The van der Waals surface area contributed by atoms with E-state index < -0.39 is 47.4 Å². The van der Waals surface area contributed by atoms with Crippen LogP contribution in [-0.2, 0) is 23.9 Å². The largest absolute Gasteiger partial charge is 0.451 e. The molecule has 29 heavy (non-hydrogen) atoms. The Hall–Kier alpha value is -2.63. The van der Waals surface area contributed by atoms with Crippen LogP contribution < -0.4 is 5.73 Å². The highest BCUT2D eigenvalue weighted by atomic mass is 19.4. The Bertz CT molecular complexity index is 928. The molecule has 0 fully saturated rings. The molecule has 2 atom stereocenters. The summed E-state index contributed by atoms with van der Waals surface area (Å²) in [6.45, 7) is 1.36. The molecule has 0 radical (unpaired) electrons. The predicted octanol–water partition coefficient (Wildman–Crippen LogP) is 2.58. The van der Waals surface area contributed by atoms with E-state index in [0.717, 1.165) is 4.57 Å². The smallest absolute Gasteiger partial charge is 0.331 e. The van der Waals surface area contributed by atoms with Crippen LogP contribution in [0.15, 0.2) is 12.1 Å². The SMILES string of the molecule is CC1c2nnc(C(F)(F)F)n2CCN1C(=O)C[C@H](N)Cc1cc(F)c(F)cc1F. The lowest BCUT2D eigenvalue weighted by Gasteiger charge is -2.34. The highest BCUT2D eigenvalue weighted by molar-refractivity contribution is 5.77. The van der Waals surface area contributed by atoms with Gasteiger partial charge >= 0.3 is 6.18 Å². The van der Waals surface area contributed by atoms with E-state index in [1.807, 2.05) is 0 Å². The van der Waals surface area contributed by atoms with Gasteiger partial charge in [0.1, 0.15) is 5.82 Å². The zero-order chi connectivity index (χ0) is 21.5. The topological polar surface area (TPSA) is 77.0 Å². The van der Waals surface area contributed by atoms with Gasteiger partial charge in [0.25, 0.3) is 0 Å². The van der Waals surface area contributed by atoms with Crippen LogP contribution in [0, 0.1) is 17.5 Å². The summed E-state index contributed by atoms with van der Waals surface area (Å²) in [4.78, 5) is 13.9. The van der Waals surface area contributed by atoms with Gasteiger partial charge in [-0.2, -0.15) is 13.2 Å². The molecule has 2 aromatic rings. The van der Waals surface area contributed by atoms with Crippen molar-refractivity contribution < 1.29 is 31.1 Å². The summed E-state index contributed by atoms with van der Waals surface area (Å²) in [6, 6.07) is -0.594. The van der Waals surface area contributed by atoms with Gasteiger partial charge in [0.15, 0.2) is 17.5 Å². The van der Waals surface area contributed by atoms with Crippen LogP contribution in [-0.4, -0.2) is 38.2 Å². The number of fused-ring (bicyclic) bond motifs is 1. The molecule has 0 spiro atoms. The summed E-state index contributed by atoms with van der Waals surface area (Å²) < 4.78 is 79.8. The van der Waals surface area contributed by atoms with Crippen molar-refractivity contribution in [3.05, 3.63) is 46.8 Å². The minimum atomic E-state index is -4.66. The lowest BCUT2D eigenvalue weighted by Crippen LogP contribution is -2.44. The first-order valence-electron chi connectivity index (χ1n) is 8.67. The number of aromatic nitrogens is 3. The highest BCUT2D eigenvalue weighted by Gasteiger charge is 2.41. The first-order valence-corrected chi connectivity index (χ1v) is 8.67. The molecule has 12 heteroatoms. The second-order valence-electron chi connectivity index (χ2n) is 6.82. The molecule has 2 heterocycles. The van der Waals surface area contributed by atoms with Gasteiger partial charge in [-0.3, -0.25) is 4.79 Å². The van der Waals surface area contributed by atoms with Gasteiger partial charge in [-0.05, 0) is 25.0 Å². The average Bonchev–Trinajstić information content (AvgIpc) is 3.05. The maximum atomic E-state index is 13.7. The van der Waals surface area contributed by atoms with Gasteiger partial charge in [0, 0.05) is 31.6 Å². The lowest BCUT2D eigenvalue weighted by atomic mass is 10.0. The van der Waals surface area contributed by atoms with E-state index in [9.17, 15) is 31.1 Å². The highest BCUT2D eigenvalue weighted by Crippen LogP contribution is 2.33. The Balaban J connectivity index is 1.68. The molecule has 1 amide bonds. The van der Waals surface area contributed by atoms with Gasteiger partial charge in [-0.15, -0.1) is 10.2 Å². The van der Waals surface area contributed by atoms with E-state index in [-0.39, 0.29) is 37.3 Å². The number of rotatable bonds is 4. The third kappa shape index (κ3) is 4.21. The standard InChI is InChI=1S/C17H17F6N5O/c1-8-15-25-26-16(17(21,22)23)28(15)3-2-27(8)14(29)6-10(24)4-9-5-12(19)13(20)7-11(9)18/h5,7-8,10H,2-4,6,24H2,1H3/t8?,10-/m1/s1. The van der Waals surface area contributed by atoms with Crippen LogP contribution in [0.5, 0.6) is 0 Å². The van der Waals surface area contributed by atoms with Crippen molar-refractivity contribution in [1.29, 1.82) is 0 Å². The van der Waals surface area contributed by atoms with Crippen molar-refractivity contribution in [1.82, 2.24) is 19.7 Å². The predicted molar refractivity (Wildman–Crippen MR) is 87.8 cm³/mol. The molecule has 1 aromatic heterocycles. The van der Waals surface area contributed by atoms with Crippen LogP contribution >= 0.6 is 0 Å². The lowest BCUT2D eigenvalue weighted by molar-refractivity contribution is -0.148. The molecule has 0 saturated carbocycles. The quantitative estimate of drug-likeness (QED) is 0.608. The summed E-state index contributed by atoms with van der Waals surface area (Å²) in [5.41, 5.74) is 5.68. The Labute approximate surface area is 161 Å². The maximum Gasteiger partial charge on any atom is 0.451 e. The number of alkyl halides is 3. The van der Waals surface area contributed by atoms with Crippen LogP contribution in [0.4, 0.5) is 26.3 Å². The normalized spacial score (nSPS) is 17.9. The molecule has 0 saturated heterocycles. The van der Waals surface area contributed by atoms with E-state index in [1.165, 1.54) is 11.8 Å². The van der Waals surface area contributed by atoms with Gasteiger partial charge in [0.2, 0.25) is 11.7 Å². The third-order valence-corrected chi connectivity index (χ3v) is 4.77. The molecule has 3 rings (SSSR count). The number of nitrogens with zero attached hydrogens (tertiary/aromatic N) is 4. The number of hydrogen-bond acceptors (Lipinski definition) is 4. The second kappa shape index (κ2) is 7.65. The number of halogens is 6. The molecule has 0 bridgehead atoms. The molecular formula is C17H17F6N5O. The van der Waals surface area contributed by atoms with Gasteiger partial charge < -0.3 is 15.2 Å². The van der Waals surface area contributed by atoms with Crippen molar-refractivity contribution >= 4 is 5.91 Å². The number of carbonyl (C=O) groups is 1. The Kier molecular flexibility index (Phi) is 5.57. The van der Waals surface area contributed by atoms with Crippen LogP contribution in [0.3, 0.4) is 0 Å². The number of nitrogens with two attached hydrogens (primary N) is 1. The van der Waals surface area contributed by atoms with Crippen LogP contribution in [0.2, 0.25) is 0 Å². The van der Waals surface area contributed by atoms with Crippen molar-refractivity contribution in [2.24, 2.45) is 5.73 Å². The summed E-state index contributed by atoms with van der Waals surface area (Å²) in [6.07, 6.45) is -5.14. The van der Waals surface area contributed by atoms with Gasteiger partial charge in [0.05, 0.1) is 6.04 Å². The van der Waals surface area contributed by atoms with E-state index >= 15 is 0 Å². The summed E-state index contributed by atoms with van der Waals surface area (Å²) in [5, 5.41) is 6.73. The van der Waals surface area contributed by atoms with Crippen molar-refractivity contribution in [2.45, 2.75) is 44.6 Å². The Morgan fingerprint density at radius 2 is 1.83 bits per heavy atom.